The molecule has 3 aromatic rings. The topological polar surface area (TPSA) is 88.8 Å². The lowest BCUT2D eigenvalue weighted by molar-refractivity contribution is 0.0285. The van der Waals surface area contributed by atoms with Gasteiger partial charge in [-0.3, -0.25) is 0 Å². The first-order valence-corrected chi connectivity index (χ1v) is 13.2. The molecule has 1 aliphatic rings. The number of fused-ring (bicyclic) bond motifs is 3. The maximum Gasteiger partial charge on any atom is 0.410 e. The third-order valence-corrected chi connectivity index (χ3v) is 7.70. The Balaban J connectivity index is 1.89. The summed E-state index contributed by atoms with van der Waals surface area (Å²) in [6.07, 6.45) is 4.60. The highest BCUT2D eigenvalue weighted by atomic mass is 32.2. The van der Waals surface area contributed by atoms with Crippen LogP contribution in [-0.2, 0) is 34.1 Å². The largest absolute Gasteiger partial charge is 0.508 e. The van der Waals surface area contributed by atoms with E-state index >= 15 is 0 Å². The Kier molecular flexibility index (Phi) is 6.68. The first-order chi connectivity index (χ1) is 16.5. The molecule has 35 heavy (non-hydrogen) atoms. The summed E-state index contributed by atoms with van der Waals surface area (Å²) in [5.41, 5.74) is 3.62. The molecule has 1 aliphatic carbocycles. The molecular formula is C27H32N2O5S. The van der Waals surface area contributed by atoms with E-state index in [0.29, 0.717) is 12.1 Å². The Morgan fingerprint density at radius 1 is 1.09 bits per heavy atom. The summed E-state index contributed by atoms with van der Waals surface area (Å²) in [6, 6.07) is 13.6. The number of carbonyl (C=O) groups is 1. The van der Waals surface area contributed by atoms with Crippen LogP contribution in [0.15, 0.2) is 59.6 Å². The summed E-state index contributed by atoms with van der Waals surface area (Å²) in [5, 5.41) is 9.95. The van der Waals surface area contributed by atoms with Crippen LogP contribution in [0.1, 0.15) is 50.3 Å². The lowest BCUT2D eigenvalue weighted by atomic mass is 9.91. The van der Waals surface area contributed by atoms with Crippen LogP contribution < -0.4 is 0 Å². The number of hydrogen-bond acceptors (Lipinski definition) is 5. The van der Waals surface area contributed by atoms with Crippen LogP contribution in [-0.4, -0.2) is 41.1 Å². The molecule has 8 heteroatoms. The van der Waals surface area contributed by atoms with E-state index in [4.69, 9.17) is 4.74 Å². The number of benzene rings is 2. The molecule has 0 spiro atoms. The zero-order valence-corrected chi connectivity index (χ0v) is 21.4. The Labute approximate surface area is 207 Å². The first kappa shape index (κ1) is 24.9. The van der Waals surface area contributed by atoms with Crippen molar-refractivity contribution >= 4 is 16.1 Å². The van der Waals surface area contributed by atoms with Gasteiger partial charge in [-0.1, -0.05) is 30.3 Å². The Morgan fingerprint density at radius 2 is 1.80 bits per heavy atom. The van der Waals surface area contributed by atoms with Crippen molar-refractivity contribution in [2.45, 2.75) is 63.5 Å². The van der Waals surface area contributed by atoms with Crippen molar-refractivity contribution in [3.63, 3.8) is 0 Å². The first-order valence-electron chi connectivity index (χ1n) is 11.8. The fraction of sp³-hybridized carbons (Fsp3) is 0.370. The number of carbonyl (C=O) groups excluding carboxylic acids is 1. The van der Waals surface area contributed by atoms with Gasteiger partial charge in [-0.25, -0.2) is 17.2 Å². The summed E-state index contributed by atoms with van der Waals surface area (Å²) >= 11 is 0. The molecule has 1 aromatic heterocycles. The van der Waals surface area contributed by atoms with Crippen LogP contribution in [0.25, 0.3) is 11.3 Å². The highest BCUT2D eigenvalue weighted by Gasteiger charge is 2.29. The number of amides is 1. The second-order valence-corrected chi connectivity index (χ2v) is 11.8. The fourth-order valence-electron chi connectivity index (χ4n) is 4.46. The van der Waals surface area contributed by atoms with Gasteiger partial charge in [0.15, 0.2) is 0 Å². The minimum atomic E-state index is -4.02. The lowest BCUT2D eigenvalue weighted by Gasteiger charge is -2.25. The third-order valence-electron chi connectivity index (χ3n) is 6.05. The van der Waals surface area contributed by atoms with E-state index < -0.39 is 21.7 Å². The van der Waals surface area contributed by atoms with Gasteiger partial charge in [-0.15, -0.1) is 0 Å². The van der Waals surface area contributed by atoms with Gasteiger partial charge in [-0.2, -0.15) is 0 Å². The van der Waals surface area contributed by atoms with Crippen molar-refractivity contribution in [1.29, 1.82) is 0 Å². The number of phenolic OH excluding ortho intramolecular Hbond substituents is 1. The molecule has 0 atom stereocenters. The maximum absolute atomic E-state index is 13.8. The van der Waals surface area contributed by atoms with E-state index in [9.17, 15) is 18.3 Å². The van der Waals surface area contributed by atoms with E-state index in [1.807, 2.05) is 45.0 Å². The van der Waals surface area contributed by atoms with Gasteiger partial charge >= 0.3 is 6.09 Å². The molecule has 0 unspecified atom stereocenters. The molecule has 1 heterocycles. The normalized spacial score (nSPS) is 13.8. The van der Waals surface area contributed by atoms with Crippen LogP contribution in [0.2, 0.25) is 0 Å². The molecule has 0 bridgehead atoms. The standard InChI is InChI=1S/C27H32N2O5S/c1-27(2,3)34-26(31)28(4)17-20-18-29(35(32,33)22-13-9-12-21(30)16-22)25-23-14-7-5-10-19(23)11-6-8-15-24(20)25/h5,7,9-10,12-14,16,18,30H,6,8,11,15,17H2,1-4H3. The van der Waals surface area contributed by atoms with Crippen LogP contribution >= 0.6 is 0 Å². The van der Waals surface area contributed by atoms with Gasteiger partial charge in [0.2, 0.25) is 0 Å². The predicted octanol–water partition coefficient (Wildman–Crippen LogP) is 5.34. The SMILES string of the molecule is CN(Cc1cn(S(=O)(=O)c2cccc(O)c2)c2c1CCCCc1ccccc1-2)C(=O)OC(C)(C)C. The van der Waals surface area contributed by atoms with E-state index in [-0.39, 0.29) is 17.2 Å². The van der Waals surface area contributed by atoms with Crippen LogP contribution in [0.5, 0.6) is 5.75 Å². The monoisotopic (exact) mass is 496 g/mol. The second-order valence-electron chi connectivity index (χ2n) is 9.98. The zero-order chi connectivity index (χ0) is 25.4. The second kappa shape index (κ2) is 9.41. The number of aromatic hydroxyl groups is 1. The molecular weight excluding hydrogens is 464 g/mol. The van der Waals surface area contributed by atoms with Crippen LogP contribution in [0, 0.1) is 0 Å². The number of ether oxygens (including phenoxy) is 1. The lowest BCUT2D eigenvalue weighted by Crippen LogP contribution is -2.33. The van der Waals surface area contributed by atoms with Gasteiger partial charge in [0.25, 0.3) is 10.0 Å². The summed E-state index contributed by atoms with van der Waals surface area (Å²) in [4.78, 5) is 14.1. The predicted molar refractivity (Wildman–Crippen MR) is 135 cm³/mol. The molecule has 0 saturated carbocycles. The van der Waals surface area contributed by atoms with E-state index in [1.165, 1.54) is 33.1 Å². The zero-order valence-electron chi connectivity index (χ0n) is 20.6. The fourth-order valence-corrected chi connectivity index (χ4v) is 5.92. The van der Waals surface area contributed by atoms with E-state index in [2.05, 4.69) is 0 Å². The number of nitrogens with zero attached hydrogens (tertiary/aromatic N) is 2. The van der Waals surface area contributed by atoms with Crippen LogP contribution in [0.4, 0.5) is 4.79 Å². The average molecular weight is 497 g/mol. The molecule has 0 saturated heterocycles. The Morgan fingerprint density at radius 3 is 2.51 bits per heavy atom. The minimum absolute atomic E-state index is 0.00175. The third kappa shape index (κ3) is 5.22. The molecule has 0 radical (unpaired) electrons. The molecule has 7 nitrogen and oxygen atoms in total. The molecule has 186 valence electrons. The molecule has 2 aromatic carbocycles. The summed E-state index contributed by atoms with van der Waals surface area (Å²) in [6.45, 7) is 5.64. The Hall–Kier alpha value is -3.26. The van der Waals surface area contributed by atoms with Gasteiger partial charge in [0.1, 0.15) is 11.4 Å². The van der Waals surface area contributed by atoms with Gasteiger partial charge in [0.05, 0.1) is 17.1 Å². The number of aryl methyl sites for hydroxylation is 1. The van der Waals surface area contributed by atoms with Crippen LogP contribution in [0.3, 0.4) is 0 Å². The highest BCUT2D eigenvalue weighted by molar-refractivity contribution is 7.90. The summed E-state index contributed by atoms with van der Waals surface area (Å²) < 4.78 is 34.5. The molecule has 0 fully saturated rings. The van der Waals surface area contributed by atoms with E-state index in [1.54, 1.807) is 13.2 Å². The summed E-state index contributed by atoms with van der Waals surface area (Å²) in [7, 11) is -2.36. The molecule has 4 rings (SSSR count). The van der Waals surface area contributed by atoms with Gasteiger partial charge in [-0.05, 0) is 75.3 Å². The van der Waals surface area contributed by atoms with Crippen molar-refractivity contribution < 1.29 is 23.1 Å². The van der Waals surface area contributed by atoms with Crippen molar-refractivity contribution in [3.05, 3.63) is 71.4 Å². The smallest absolute Gasteiger partial charge is 0.410 e. The molecule has 0 aliphatic heterocycles. The molecule has 1 amide bonds. The van der Waals surface area contributed by atoms with Crippen molar-refractivity contribution in [1.82, 2.24) is 8.87 Å². The average Bonchev–Trinajstić information content (AvgIpc) is 3.12. The quantitative estimate of drug-likeness (QED) is 0.526. The minimum Gasteiger partial charge on any atom is -0.508 e. The van der Waals surface area contributed by atoms with Crippen molar-refractivity contribution in [2.75, 3.05) is 7.05 Å². The highest BCUT2D eigenvalue weighted by Crippen LogP contribution is 2.38. The van der Waals surface area contributed by atoms with E-state index in [0.717, 1.165) is 41.5 Å². The number of aromatic nitrogens is 1. The van der Waals surface area contributed by atoms with Gasteiger partial charge < -0.3 is 14.7 Å². The number of hydrogen-bond donors (Lipinski definition) is 1. The van der Waals surface area contributed by atoms with Gasteiger partial charge in [0, 0.05) is 24.9 Å². The maximum atomic E-state index is 13.8. The Bertz CT molecular complexity index is 1350. The van der Waals surface area contributed by atoms with Crippen molar-refractivity contribution in [3.8, 4) is 17.0 Å². The number of phenols is 1. The number of rotatable bonds is 4. The van der Waals surface area contributed by atoms with Crippen molar-refractivity contribution in [2.24, 2.45) is 0 Å². The molecule has 1 N–H and O–H groups in total. The summed E-state index contributed by atoms with van der Waals surface area (Å²) in [5.74, 6) is -0.119.